The molecule has 0 fully saturated rings. The van der Waals surface area contributed by atoms with Crippen LogP contribution in [-0.4, -0.2) is 17.8 Å². The molecule has 0 spiro atoms. The second-order valence-corrected chi connectivity index (χ2v) is 3.27. The first-order valence-corrected chi connectivity index (χ1v) is 4.77. The number of nitrogens with two attached hydrogens (primary N) is 4. The van der Waals surface area contributed by atoms with Gasteiger partial charge in [-0.15, -0.1) is 0 Å². The van der Waals surface area contributed by atoms with Crippen LogP contribution < -0.4 is 22.9 Å². The summed E-state index contributed by atoms with van der Waals surface area (Å²) in [6.07, 6.45) is 0. The molecule has 0 aliphatic rings. The van der Waals surface area contributed by atoms with Crippen LogP contribution in [0, 0.1) is 0 Å². The van der Waals surface area contributed by atoms with E-state index in [4.69, 9.17) is 22.9 Å². The van der Waals surface area contributed by atoms with E-state index in [9.17, 15) is 4.79 Å². The van der Waals surface area contributed by atoms with E-state index in [0.717, 1.165) is 5.56 Å². The van der Waals surface area contributed by atoms with Crippen molar-refractivity contribution < 1.29 is 4.79 Å². The van der Waals surface area contributed by atoms with Gasteiger partial charge in [0.1, 0.15) is 0 Å². The molecule has 7 nitrogen and oxygen atoms in total. The summed E-state index contributed by atoms with van der Waals surface area (Å²) in [5.41, 5.74) is 22.1. The Balaban J connectivity index is 2.70. The third kappa shape index (κ3) is 4.20. The molecular formula is C10H14N6O. The summed E-state index contributed by atoms with van der Waals surface area (Å²) in [6, 6.07) is 6.69. The molecule has 0 saturated carbocycles. The first-order chi connectivity index (χ1) is 7.99. The van der Waals surface area contributed by atoms with E-state index < -0.39 is 5.91 Å². The molecular weight excluding hydrogens is 220 g/mol. The fourth-order valence-corrected chi connectivity index (χ4v) is 1.11. The summed E-state index contributed by atoms with van der Waals surface area (Å²) < 4.78 is 0. The molecule has 0 aromatic heterocycles. The zero-order valence-corrected chi connectivity index (χ0v) is 9.13. The molecule has 0 heterocycles. The van der Waals surface area contributed by atoms with Crippen molar-refractivity contribution >= 4 is 17.8 Å². The summed E-state index contributed by atoms with van der Waals surface area (Å²) in [5.74, 6) is -0.612. The average Bonchev–Trinajstić information content (AvgIpc) is 2.26. The van der Waals surface area contributed by atoms with E-state index in [0.29, 0.717) is 12.1 Å². The van der Waals surface area contributed by atoms with Crippen molar-refractivity contribution in [3.05, 3.63) is 35.4 Å². The molecule has 1 rings (SSSR count). The van der Waals surface area contributed by atoms with E-state index in [1.165, 1.54) is 0 Å². The van der Waals surface area contributed by atoms with Gasteiger partial charge in [0.05, 0.1) is 6.54 Å². The van der Waals surface area contributed by atoms with Crippen molar-refractivity contribution in [1.29, 1.82) is 0 Å². The number of carbonyl (C=O) groups is 1. The van der Waals surface area contributed by atoms with Crippen LogP contribution in [-0.2, 0) is 6.54 Å². The minimum absolute atomic E-state index is 0.00368. The van der Waals surface area contributed by atoms with E-state index in [2.05, 4.69) is 9.98 Å². The van der Waals surface area contributed by atoms with Crippen LogP contribution >= 0.6 is 0 Å². The summed E-state index contributed by atoms with van der Waals surface area (Å²) >= 11 is 0. The van der Waals surface area contributed by atoms with Crippen molar-refractivity contribution in [1.82, 2.24) is 0 Å². The summed E-state index contributed by atoms with van der Waals surface area (Å²) in [4.78, 5) is 18.3. The zero-order valence-electron chi connectivity index (χ0n) is 9.13. The molecule has 0 aliphatic carbocycles. The van der Waals surface area contributed by atoms with E-state index in [-0.39, 0.29) is 11.9 Å². The van der Waals surface area contributed by atoms with Gasteiger partial charge in [0.25, 0.3) is 0 Å². The number of aliphatic imine (C=N–C) groups is 2. The van der Waals surface area contributed by atoms with Crippen LogP contribution in [0.1, 0.15) is 15.9 Å². The van der Waals surface area contributed by atoms with Crippen LogP contribution in [0.25, 0.3) is 0 Å². The molecule has 90 valence electrons. The maximum absolute atomic E-state index is 10.8. The van der Waals surface area contributed by atoms with E-state index >= 15 is 0 Å². The first kappa shape index (κ1) is 12.5. The molecule has 1 aromatic carbocycles. The number of amides is 1. The lowest BCUT2D eigenvalue weighted by molar-refractivity contribution is 0.100. The number of guanidine groups is 2. The Morgan fingerprint density at radius 1 is 1.06 bits per heavy atom. The third-order valence-corrected chi connectivity index (χ3v) is 1.91. The van der Waals surface area contributed by atoms with Gasteiger partial charge in [0, 0.05) is 5.56 Å². The summed E-state index contributed by atoms with van der Waals surface area (Å²) in [6.45, 7) is 0.321. The second-order valence-electron chi connectivity index (χ2n) is 3.27. The Morgan fingerprint density at radius 3 is 2.12 bits per heavy atom. The smallest absolute Gasteiger partial charge is 0.248 e. The number of hydrogen-bond donors (Lipinski definition) is 4. The number of carbonyl (C=O) groups excluding carboxylic acids is 1. The molecule has 0 atom stereocenters. The van der Waals surface area contributed by atoms with Gasteiger partial charge in [-0.2, -0.15) is 4.99 Å². The molecule has 1 aromatic rings. The standard InChI is InChI=1S/C10H14N6O/c11-8(17)7-3-1-6(2-4-7)5-15-10(14)16-9(12)13/h1-4H,5H2,(H2,11,17)(H6,12,13,14,15,16). The lowest BCUT2D eigenvalue weighted by Gasteiger charge is -1.99. The molecule has 0 unspecified atom stereocenters. The lowest BCUT2D eigenvalue weighted by atomic mass is 10.1. The molecule has 0 aliphatic heterocycles. The lowest BCUT2D eigenvalue weighted by Crippen LogP contribution is -2.26. The SMILES string of the molecule is NC(=O)c1ccc(CN=C(N)N=C(N)N)cc1. The van der Waals surface area contributed by atoms with Gasteiger partial charge in [-0.05, 0) is 17.7 Å². The number of rotatable bonds is 3. The predicted octanol–water partition coefficient (Wildman–Crippen LogP) is -1.13. The number of primary amides is 1. The highest BCUT2D eigenvalue weighted by Gasteiger charge is 1.99. The van der Waals surface area contributed by atoms with Crippen LogP contribution in [0.15, 0.2) is 34.3 Å². The Kier molecular flexibility index (Phi) is 4.04. The van der Waals surface area contributed by atoms with Gasteiger partial charge in [-0.3, -0.25) is 4.79 Å². The Labute approximate surface area is 98.2 Å². The van der Waals surface area contributed by atoms with Gasteiger partial charge in [-0.1, -0.05) is 12.1 Å². The minimum atomic E-state index is -0.472. The van der Waals surface area contributed by atoms with Crippen molar-refractivity contribution in [3.8, 4) is 0 Å². The molecule has 0 radical (unpaired) electrons. The number of nitrogens with zero attached hydrogens (tertiary/aromatic N) is 2. The highest BCUT2D eigenvalue weighted by molar-refractivity contribution is 5.93. The van der Waals surface area contributed by atoms with Crippen molar-refractivity contribution in [2.45, 2.75) is 6.54 Å². The molecule has 8 N–H and O–H groups in total. The van der Waals surface area contributed by atoms with Crippen molar-refractivity contribution in [2.24, 2.45) is 32.9 Å². The van der Waals surface area contributed by atoms with E-state index in [1.54, 1.807) is 24.3 Å². The topological polar surface area (TPSA) is 146 Å². The van der Waals surface area contributed by atoms with Crippen molar-refractivity contribution in [2.75, 3.05) is 0 Å². The van der Waals surface area contributed by atoms with Gasteiger partial charge in [-0.25, -0.2) is 4.99 Å². The van der Waals surface area contributed by atoms with Gasteiger partial charge in [0.2, 0.25) is 11.9 Å². The van der Waals surface area contributed by atoms with Gasteiger partial charge < -0.3 is 22.9 Å². The molecule has 0 bridgehead atoms. The maximum atomic E-state index is 10.8. The fraction of sp³-hybridized carbons (Fsp3) is 0.100. The summed E-state index contributed by atoms with van der Waals surface area (Å²) in [5, 5.41) is 0. The Bertz CT molecular complexity index is 458. The normalized spacial score (nSPS) is 10.9. The second kappa shape index (κ2) is 5.50. The molecule has 0 saturated heterocycles. The monoisotopic (exact) mass is 234 g/mol. The Morgan fingerprint density at radius 2 is 1.65 bits per heavy atom. The molecule has 1 amide bonds. The number of benzene rings is 1. The summed E-state index contributed by atoms with van der Waals surface area (Å²) in [7, 11) is 0. The first-order valence-electron chi connectivity index (χ1n) is 4.77. The van der Waals surface area contributed by atoms with Crippen LogP contribution in [0.3, 0.4) is 0 Å². The highest BCUT2D eigenvalue weighted by atomic mass is 16.1. The van der Waals surface area contributed by atoms with E-state index in [1.807, 2.05) is 0 Å². The highest BCUT2D eigenvalue weighted by Crippen LogP contribution is 2.05. The predicted molar refractivity (Wildman–Crippen MR) is 66.1 cm³/mol. The molecule has 17 heavy (non-hydrogen) atoms. The van der Waals surface area contributed by atoms with Crippen LogP contribution in [0.5, 0.6) is 0 Å². The number of hydrogen-bond acceptors (Lipinski definition) is 2. The zero-order chi connectivity index (χ0) is 12.8. The quantitative estimate of drug-likeness (QED) is 0.387. The molecule has 7 heteroatoms. The third-order valence-electron chi connectivity index (χ3n) is 1.91. The maximum Gasteiger partial charge on any atom is 0.248 e. The minimum Gasteiger partial charge on any atom is -0.370 e. The Hall–Kier alpha value is -2.57. The van der Waals surface area contributed by atoms with Crippen LogP contribution in [0.2, 0.25) is 0 Å². The average molecular weight is 234 g/mol. The fourth-order valence-electron chi connectivity index (χ4n) is 1.11. The van der Waals surface area contributed by atoms with Crippen molar-refractivity contribution in [3.63, 3.8) is 0 Å². The van der Waals surface area contributed by atoms with Crippen LogP contribution in [0.4, 0.5) is 0 Å². The largest absolute Gasteiger partial charge is 0.370 e. The van der Waals surface area contributed by atoms with Gasteiger partial charge in [0.15, 0.2) is 5.96 Å². The van der Waals surface area contributed by atoms with Gasteiger partial charge >= 0.3 is 0 Å².